The highest BCUT2D eigenvalue weighted by atomic mass is 15.6. The molecule has 0 radical (unpaired) electrons. The van der Waals surface area contributed by atoms with Crippen molar-refractivity contribution in [1.82, 2.24) is 10.0 Å². The molecule has 2 nitrogen and oxygen atoms in total. The van der Waals surface area contributed by atoms with Gasteiger partial charge >= 0.3 is 0 Å². The third-order valence-electron chi connectivity index (χ3n) is 4.48. The highest BCUT2D eigenvalue weighted by Gasteiger charge is 2.13. The highest BCUT2D eigenvalue weighted by molar-refractivity contribution is 4.61. The third kappa shape index (κ3) is 12.5. The lowest BCUT2D eigenvalue weighted by atomic mass is 10.2. The summed E-state index contributed by atoms with van der Waals surface area (Å²) in [5.41, 5.74) is 0. The Bertz CT molecular complexity index is 186. The fourth-order valence-corrected chi connectivity index (χ4v) is 2.91. The van der Waals surface area contributed by atoms with E-state index in [1.54, 1.807) is 0 Å². The van der Waals surface area contributed by atoms with E-state index in [1.807, 2.05) is 0 Å². The Morgan fingerprint density at radius 3 is 1.00 bits per heavy atom. The molecule has 0 saturated heterocycles. The summed E-state index contributed by atoms with van der Waals surface area (Å²) in [7, 11) is 0. The van der Waals surface area contributed by atoms with Crippen molar-refractivity contribution < 1.29 is 0 Å². The first kappa shape index (κ1) is 21.9. The van der Waals surface area contributed by atoms with Crippen LogP contribution in [0.2, 0.25) is 0 Å². The summed E-state index contributed by atoms with van der Waals surface area (Å²) in [6, 6.07) is 0. The zero-order chi connectivity index (χ0) is 16.5. The molecule has 0 aliphatic rings. The predicted octanol–water partition coefficient (Wildman–Crippen LogP) is 6.27. The SMILES string of the molecule is CCCCCCN(CCCCCC)N(CCCC)CCCC. The zero-order valence-electron chi connectivity index (χ0n) is 16.2. The van der Waals surface area contributed by atoms with E-state index in [0.29, 0.717) is 0 Å². The lowest BCUT2D eigenvalue weighted by molar-refractivity contribution is -0.0301. The van der Waals surface area contributed by atoms with Gasteiger partial charge in [-0.05, 0) is 25.7 Å². The van der Waals surface area contributed by atoms with Crippen molar-refractivity contribution in [1.29, 1.82) is 0 Å². The molecule has 0 aliphatic carbocycles. The molecule has 0 heterocycles. The van der Waals surface area contributed by atoms with Crippen molar-refractivity contribution in [2.75, 3.05) is 26.2 Å². The van der Waals surface area contributed by atoms with Crippen molar-refractivity contribution in [3.05, 3.63) is 0 Å². The molecule has 0 bridgehead atoms. The van der Waals surface area contributed by atoms with Crippen molar-refractivity contribution in [2.24, 2.45) is 0 Å². The van der Waals surface area contributed by atoms with E-state index in [0.717, 1.165) is 0 Å². The molecule has 0 unspecified atom stereocenters. The van der Waals surface area contributed by atoms with Crippen LogP contribution in [-0.2, 0) is 0 Å². The van der Waals surface area contributed by atoms with Gasteiger partial charge in [0.15, 0.2) is 0 Å². The normalized spacial score (nSPS) is 11.7. The summed E-state index contributed by atoms with van der Waals surface area (Å²) in [5, 5.41) is 5.39. The molecule has 22 heavy (non-hydrogen) atoms. The lowest BCUT2D eigenvalue weighted by Crippen LogP contribution is -2.45. The maximum absolute atomic E-state index is 2.70. The van der Waals surface area contributed by atoms with Crippen LogP contribution in [0.25, 0.3) is 0 Å². The topological polar surface area (TPSA) is 6.48 Å². The van der Waals surface area contributed by atoms with Crippen molar-refractivity contribution in [3.63, 3.8) is 0 Å². The number of rotatable bonds is 17. The Kier molecular flexibility index (Phi) is 17.2. The molecule has 0 saturated carbocycles. The monoisotopic (exact) mass is 312 g/mol. The van der Waals surface area contributed by atoms with Crippen LogP contribution in [0.5, 0.6) is 0 Å². The summed E-state index contributed by atoms with van der Waals surface area (Å²) in [6.07, 6.45) is 16.3. The zero-order valence-corrected chi connectivity index (χ0v) is 16.2. The van der Waals surface area contributed by atoms with Gasteiger partial charge in [0, 0.05) is 26.2 Å². The smallest absolute Gasteiger partial charge is 0.0133 e. The molecule has 134 valence electrons. The van der Waals surface area contributed by atoms with Crippen LogP contribution >= 0.6 is 0 Å². The highest BCUT2D eigenvalue weighted by Crippen LogP contribution is 2.10. The van der Waals surface area contributed by atoms with Crippen LogP contribution < -0.4 is 0 Å². The van der Waals surface area contributed by atoms with Gasteiger partial charge in [-0.2, -0.15) is 0 Å². The van der Waals surface area contributed by atoms with Crippen LogP contribution in [0.4, 0.5) is 0 Å². The Labute approximate surface area is 141 Å². The first-order valence-electron chi connectivity index (χ1n) is 10.3. The molecule has 0 spiro atoms. The van der Waals surface area contributed by atoms with Gasteiger partial charge in [0.2, 0.25) is 0 Å². The van der Waals surface area contributed by atoms with E-state index in [9.17, 15) is 0 Å². The summed E-state index contributed by atoms with van der Waals surface area (Å²) in [5.74, 6) is 0. The Balaban J connectivity index is 4.35. The van der Waals surface area contributed by atoms with E-state index in [-0.39, 0.29) is 0 Å². The van der Waals surface area contributed by atoms with Crippen molar-refractivity contribution in [3.8, 4) is 0 Å². The second kappa shape index (κ2) is 17.3. The quantitative estimate of drug-likeness (QED) is 0.231. The van der Waals surface area contributed by atoms with Crippen LogP contribution in [0.3, 0.4) is 0 Å². The minimum absolute atomic E-state index is 1.26. The average molecular weight is 313 g/mol. The average Bonchev–Trinajstić information content (AvgIpc) is 2.54. The fraction of sp³-hybridized carbons (Fsp3) is 1.00. The second-order valence-corrected chi connectivity index (χ2v) is 6.74. The van der Waals surface area contributed by atoms with E-state index in [2.05, 4.69) is 37.7 Å². The number of nitrogens with zero attached hydrogens (tertiary/aromatic N) is 2. The molecule has 2 heteroatoms. The van der Waals surface area contributed by atoms with Gasteiger partial charge in [-0.25, -0.2) is 10.0 Å². The summed E-state index contributed by atoms with van der Waals surface area (Å²) < 4.78 is 0. The molecule has 0 aromatic heterocycles. The number of unbranched alkanes of at least 4 members (excludes halogenated alkanes) is 8. The molecule has 0 N–H and O–H groups in total. The molecule has 0 fully saturated rings. The van der Waals surface area contributed by atoms with Gasteiger partial charge in [-0.15, -0.1) is 0 Å². The van der Waals surface area contributed by atoms with E-state index < -0.39 is 0 Å². The predicted molar refractivity (Wildman–Crippen MR) is 101 cm³/mol. The lowest BCUT2D eigenvalue weighted by Gasteiger charge is -2.35. The summed E-state index contributed by atoms with van der Waals surface area (Å²) in [4.78, 5) is 0. The van der Waals surface area contributed by atoms with Crippen molar-refractivity contribution in [2.45, 2.75) is 105 Å². The Morgan fingerprint density at radius 2 is 0.682 bits per heavy atom. The fourth-order valence-electron chi connectivity index (χ4n) is 2.91. The Hall–Kier alpha value is -0.0800. The minimum Gasteiger partial charge on any atom is -0.242 e. The van der Waals surface area contributed by atoms with E-state index in [1.165, 1.54) is 103 Å². The summed E-state index contributed by atoms with van der Waals surface area (Å²) in [6.45, 7) is 14.3. The number of hydrazine groups is 1. The first-order chi connectivity index (χ1) is 10.8. The Morgan fingerprint density at radius 1 is 0.364 bits per heavy atom. The first-order valence-corrected chi connectivity index (χ1v) is 10.3. The van der Waals surface area contributed by atoms with Crippen LogP contribution in [0.15, 0.2) is 0 Å². The van der Waals surface area contributed by atoms with Crippen LogP contribution in [-0.4, -0.2) is 36.2 Å². The molecular formula is C20H44N2. The van der Waals surface area contributed by atoms with Gasteiger partial charge in [-0.1, -0.05) is 79.1 Å². The van der Waals surface area contributed by atoms with E-state index >= 15 is 0 Å². The standard InChI is InChI=1S/C20H44N2/c1-5-9-13-15-19-22(20-16-14-10-6-2)21(17-11-7-3)18-12-8-4/h5-20H2,1-4H3. The van der Waals surface area contributed by atoms with Crippen LogP contribution in [0.1, 0.15) is 105 Å². The van der Waals surface area contributed by atoms with Gasteiger partial charge in [0.05, 0.1) is 0 Å². The van der Waals surface area contributed by atoms with Gasteiger partial charge < -0.3 is 0 Å². The molecule has 0 aromatic rings. The number of hydrogen-bond acceptors (Lipinski definition) is 2. The molecule has 0 atom stereocenters. The molecule has 0 rings (SSSR count). The number of hydrogen-bond donors (Lipinski definition) is 0. The van der Waals surface area contributed by atoms with Crippen LogP contribution in [0, 0.1) is 0 Å². The summed E-state index contributed by atoms with van der Waals surface area (Å²) >= 11 is 0. The van der Waals surface area contributed by atoms with Crippen molar-refractivity contribution >= 4 is 0 Å². The van der Waals surface area contributed by atoms with Gasteiger partial charge in [0.1, 0.15) is 0 Å². The third-order valence-corrected chi connectivity index (χ3v) is 4.48. The van der Waals surface area contributed by atoms with Gasteiger partial charge in [0.25, 0.3) is 0 Å². The molecular weight excluding hydrogens is 268 g/mol. The van der Waals surface area contributed by atoms with Gasteiger partial charge in [-0.3, -0.25) is 0 Å². The second-order valence-electron chi connectivity index (χ2n) is 6.74. The van der Waals surface area contributed by atoms with E-state index in [4.69, 9.17) is 0 Å². The molecule has 0 aromatic carbocycles. The largest absolute Gasteiger partial charge is 0.242 e. The molecule has 0 amide bonds. The minimum atomic E-state index is 1.26. The maximum Gasteiger partial charge on any atom is 0.0133 e. The molecule has 0 aliphatic heterocycles. The maximum atomic E-state index is 2.70.